The summed E-state index contributed by atoms with van der Waals surface area (Å²) in [7, 11) is 3.06. The quantitative estimate of drug-likeness (QED) is 0.692. The number of nitrogens with zero attached hydrogens (tertiary/aromatic N) is 1. The highest BCUT2D eigenvalue weighted by Gasteiger charge is 2.40. The first-order chi connectivity index (χ1) is 13.4. The molecule has 0 aromatic heterocycles. The van der Waals surface area contributed by atoms with Crippen molar-refractivity contribution in [2.45, 2.75) is 32.1 Å². The van der Waals surface area contributed by atoms with Crippen molar-refractivity contribution in [1.29, 1.82) is 0 Å². The molecule has 2 saturated carbocycles. The molecule has 2 amide bonds. The van der Waals surface area contributed by atoms with Crippen LogP contribution in [0.15, 0.2) is 24.3 Å². The lowest BCUT2D eigenvalue weighted by atomic mass is 9.86. The average Bonchev–Trinajstić information content (AvgIpc) is 3.29. The number of carbonyl (C=O) groups excluding carboxylic acids is 3. The second-order valence-electron chi connectivity index (χ2n) is 7.83. The van der Waals surface area contributed by atoms with E-state index >= 15 is 0 Å². The van der Waals surface area contributed by atoms with Crippen molar-refractivity contribution >= 4 is 23.5 Å². The number of hydrogen-bond donors (Lipinski definition) is 1. The van der Waals surface area contributed by atoms with Gasteiger partial charge in [-0.05, 0) is 49.1 Å². The Hall–Kier alpha value is -2.57. The van der Waals surface area contributed by atoms with Gasteiger partial charge in [-0.15, -0.1) is 0 Å². The first-order valence-corrected chi connectivity index (χ1v) is 9.78. The molecule has 0 heterocycles. The van der Waals surface area contributed by atoms with E-state index in [2.05, 4.69) is 5.32 Å². The summed E-state index contributed by atoms with van der Waals surface area (Å²) < 4.78 is 10.3. The minimum atomic E-state index is -0.401. The Morgan fingerprint density at radius 2 is 2.04 bits per heavy atom. The number of benzene rings is 1. The Bertz CT molecular complexity index is 735. The van der Waals surface area contributed by atoms with Crippen LogP contribution in [0.2, 0.25) is 0 Å². The number of anilines is 1. The maximum atomic E-state index is 12.1. The highest BCUT2D eigenvalue weighted by molar-refractivity contribution is 5.94. The zero-order chi connectivity index (χ0) is 20.1. The number of fused-ring (bicyclic) bond motifs is 2. The van der Waals surface area contributed by atoms with Crippen molar-refractivity contribution in [2.24, 2.45) is 17.8 Å². The molecule has 2 aliphatic rings. The monoisotopic (exact) mass is 388 g/mol. The van der Waals surface area contributed by atoms with Gasteiger partial charge in [0.25, 0.3) is 5.91 Å². The van der Waals surface area contributed by atoms with E-state index in [-0.39, 0.29) is 25.0 Å². The number of likely N-dealkylation sites (N-methyl/N-ethyl adjacent to an activating group) is 1. The molecule has 152 valence electrons. The maximum Gasteiger partial charge on any atom is 0.306 e. The van der Waals surface area contributed by atoms with E-state index in [0.29, 0.717) is 29.7 Å². The fraction of sp³-hybridized carbons (Fsp3) is 0.571. The molecule has 7 heteroatoms. The number of methoxy groups -OCH3 is 1. The lowest BCUT2D eigenvalue weighted by Gasteiger charge is -2.21. The third-order valence-electron chi connectivity index (χ3n) is 5.83. The van der Waals surface area contributed by atoms with E-state index in [1.165, 1.54) is 31.2 Å². The fourth-order valence-electron chi connectivity index (χ4n) is 4.36. The van der Waals surface area contributed by atoms with Crippen LogP contribution in [0.5, 0.6) is 5.75 Å². The third kappa shape index (κ3) is 5.24. The molecule has 0 unspecified atom stereocenters. The summed E-state index contributed by atoms with van der Waals surface area (Å²) in [5.74, 6) is 1.41. The van der Waals surface area contributed by atoms with Gasteiger partial charge < -0.3 is 19.7 Å². The zero-order valence-corrected chi connectivity index (χ0v) is 16.5. The van der Waals surface area contributed by atoms with Crippen molar-refractivity contribution in [2.75, 3.05) is 32.6 Å². The molecule has 3 atom stereocenters. The van der Waals surface area contributed by atoms with Crippen LogP contribution in [0, 0.1) is 17.8 Å². The van der Waals surface area contributed by atoms with E-state index in [1.54, 1.807) is 31.4 Å². The minimum Gasteiger partial charge on any atom is -0.497 e. The van der Waals surface area contributed by atoms with Gasteiger partial charge in [0.05, 0.1) is 13.7 Å². The van der Waals surface area contributed by atoms with E-state index < -0.39 is 5.91 Å². The van der Waals surface area contributed by atoms with Crippen LogP contribution in [0.1, 0.15) is 32.1 Å². The molecule has 1 N–H and O–H groups in total. The van der Waals surface area contributed by atoms with Crippen LogP contribution >= 0.6 is 0 Å². The van der Waals surface area contributed by atoms with E-state index in [4.69, 9.17) is 9.47 Å². The predicted molar refractivity (Wildman–Crippen MR) is 104 cm³/mol. The van der Waals surface area contributed by atoms with Gasteiger partial charge in [-0.1, -0.05) is 12.5 Å². The molecular weight excluding hydrogens is 360 g/mol. The van der Waals surface area contributed by atoms with Gasteiger partial charge in [-0.3, -0.25) is 14.4 Å². The summed E-state index contributed by atoms with van der Waals surface area (Å²) in [5, 5.41) is 2.71. The molecule has 1 aromatic carbocycles. The summed E-state index contributed by atoms with van der Waals surface area (Å²) in [5.41, 5.74) is 0.586. The smallest absolute Gasteiger partial charge is 0.306 e. The SMILES string of the molecule is COc1cccc(NC(=O)CN(C)C(=O)COC(=O)C[C@@H]2C[C@H]3CC[C@@H]2C3)c1. The summed E-state index contributed by atoms with van der Waals surface area (Å²) in [4.78, 5) is 37.6. The molecule has 7 nitrogen and oxygen atoms in total. The van der Waals surface area contributed by atoms with Crippen LogP contribution < -0.4 is 10.1 Å². The zero-order valence-electron chi connectivity index (χ0n) is 16.5. The lowest BCUT2D eigenvalue weighted by Crippen LogP contribution is -2.37. The Morgan fingerprint density at radius 3 is 2.71 bits per heavy atom. The number of hydrogen-bond acceptors (Lipinski definition) is 5. The minimum absolute atomic E-state index is 0.125. The molecule has 0 aliphatic heterocycles. The first kappa shape index (κ1) is 20.2. The largest absolute Gasteiger partial charge is 0.497 e. The summed E-state index contributed by atoms with van der Waals surface area (Å²) in [6.45, 7) is -0.456. The molecule has 0 radical (unpaired) electrons. The van der Waals surface area contributed by atoms with Crippen LogP contribution in [0.4, 0.5) is 5.69 Å². The summed E-state index contributed by atoms with van der Waals surface area (Å²) >= 11 is 0. The van der Waals surface area contributed by atoms with Gasteiger partial charge in [0.2, 0.25) is 5.91 Å². The fourth-order valence-corrected chi connectivity index (χ4v) is 4.36. The molecule has 0 saturated heterocycles. The summed E-state index contributed by atoms with van der Waals surface area (Å²) in [6, 6.07) is 6.96. The Morgan fingerprint density at radius 1 is 1.21 bits per heavy atom. The molecule has 1 aromatic rings. The van der Waals surface area contributed by atoms with Gasteiger partial charge in [0.1, 0.15) is 5.75 Å². The standard InChI is InChI=1S/C21H28N2O5/c1-23(12-19(24)22-17-4-3-5-18(11-17)27-2)20(25)13-28-21(26)10-16-9-14-6-7-15(16)8-14/h3-5,11,14-16H,6-10,12-13H2,1-2H3,(H,22,24)/t14-,15+,16-/m0/s1. The molecule has 3 rings (SSSR count). The van der Waals surface area contributed by atoms with Crippen molar-refractivity contribution in [3.63, 3.8) is 0 Å². The number of rotatable bonds is 8. The number of nitrogens with one attached hydrogen (secondary N) is 1. The highest BCUT2D eigenvalue weighted by atomic mass is 16.5. The highest BCUT2D eigenvalue weighted by Crippen LogP contribution is 2.49. The van der Waals surface area contributed by atoms with Gasteiger partial charge >= 0.3 is 5.97 Å². The Balaban J connectivity index is 1.37. The van der Waals surface area contributed by atoms with Gasteiger partial charge in [0.15, 0.2) is 6.61 Å². The molecule has 0 spiro atoms. The second kappa shape index (κ2) is 9.08. The van der Waals surface area contributed by atoms with Crippen molar-refractivity contribution < 1.29 is 23.9 Å². The molecule has 28 heavy (non-hydrogen) atoms. The predicted octanol–water partition coefficient (Wildman–Crippen LogP) is 2.46. The number of ether oxygens (including phenoxy) is 2. The lowest BCUT2D eigenvalue weighted by molar-refractivity contribution is -0.152. The van der Waals surface area contributed by atoms with Gasteiger partial charge in [-0.25, -0.2) is 0 Å². The molecule has 2 bridgehead atoms. The van der Waals surface area contributed by atoms with Crippen LogP contribution in [0.3, 0.4) is 0 Å². The second-order valence-corrected chi connectivity index (χ2v) is 7.83. The number of amides is 2. The third-order valence-corrected chi connectivity index (χ3v) is 5.83. The topological polar surface area (TPSA) is 84.9 Å². The van der Waals surface area contributed by atoms with Gasteiger partial charge in [-0.2, -0.15) is 0 Å². The van der Waals surface area contributed by atoms with E-state index in [0.717, 1.165) is 12.3 Å². The first-order valence-electron chi connectivity index (χ1n) is 9.78. The van der Waals surface area contributed by atoms with Crippen molar-refractivity contribution in [1.82, 2.24) is 4.90 Å². The van der Waals surface area contributed by atoms with Crippen molar-refractivity contribution in [3.8, 4) is 5.75 Å². The number of carbonyl (C=O) groups is 3. The van der Waals surface area contributed by atoms with Crippen LogP contribution in [-0.4, -0.2) is 50.0 Å². The summed E-state index contributed by atoms with van der Waals surface area (Å²) in [6.07, 6.45) is 5.25. The van der Waals surface area contributed by atoms with Crippen LogP contribution in [0.25, 0.3) is 0 Å². The van der Waals surface area contributed by atoms with Gasteiger partial charge in [0, 0.05) is 25.2 Å². The van der Waals surface area contributed by atoms with Crippen LogP contribution in [-0.2, 0) is 19.1 Å². The molecule has 2 fully saturated rings. The maximum absolute atomic E-state index is 12.1. The molecule has 2 aliphatic carbocycles. The van der Waals surface area contributed by atoms with E-state index in [9.17, 15) is 14.4 Å². The van der Waals surface area contributed by atoms with Crippen molar-refractivity contribution in [3.05, 3.63) is 24.3 Å². The Kier molecular flexibility index (Phi) is 6.54. The molecular formula is C21H28N2O5. The Labute approximate surface area is 165 Å². The normalized spacial score (nSPS) is 22.6. The van der Waals surface area contributed by atoms with E-state index in [1.807, 2.05) is 0 Å². The number of esters is 1. The average molecular weight is 388 g/mol.